The lowest BCUT2D eigenvalue weighted by molar-refractivity contribution is 0.0475. The molecule has 0 bridgehead atoms. The number of esters is 1. The quantitative estimate of drug-likeness (QED) is 0.384. The molecule has 1 aromatic carbocycles. The summed E-state index contributed by atoms with van der Waals surface area (Å²) < 4.78 is 22.9. The number of amides is 1. The van der Waals surface area contributed by atoms with Crippen molar-refractivity contribution in [2.24, 2.45) is 0 Å². The maximum Gasteiger partial charge on any atom is 0.340 e. The zero-order chi connectivity index (χ0) is 24.1. The van der Waals surface area contributed by atoms with Gasteiger partial charge in [-0.25, -0.2) is 4.79 Å². The summed E-state index contributed by atoms with van der Waals surface area (Å²) >= 11 is 0. The van der Waals surface area contributed by atoms with Crippen LogP contribution in [-0.2, 0) is 11.3 Å². The number of aryl methyl sites for hydroxylation is 1. The Morgan fingerprint density at radius 2 is 1.73 bits per heavy atom. The fourth-order valence-electron chi connectivity index (χ4n) is 3.60. The van der Waals surface area contributed by atoms with E-state index in [1.165, 1.54) is 38.7 Å². The number of nitrogens with one attached hydrogen (secondary N) is 1. The van der Waals surface area contributed by atoms with E-state index in [2.05, 4.69) is 5.32 Å². The first-order chi connectivity index (χ1) is 15.8. The Morgan fingerprint density at radius 1 is 1.03 bits per heavy atom. The fraction of sp³-hybridized carbons (Fsp3) is 0.292. The Morgan fingerprint density at radius 3 is 2.30 bits per heavy atom. The number of benzene rings is 1. The minimum absolute atomic E-state index is 0.000568. The summed E-state index contributed by atoms with van der Waals surface area (Å²) in [4.78, 5) is 38.1. The van der Waals surface area contributed by atoms with Gasteiger partial charge in [0.25, 0.3) is 5.91 Å². The van der Waals surface area contributed by atoms with Crippen LogP contribution in [0.2, 0.25) is 0 Å². The third kappa shape index (κ3) is 4.92. The minimum atomic E-state index is -0.802. The third-order valence-electron chi connectivity index (χ3n) is 5.26. The number of hydrogen-bond donors (Lipinski definition) is 1. The van der Waals surface area contributed by atoms with E-state index in [0.29, 0.717) is 11.3 Å². The lowest BCUT2D eigenvalue weighted by Crippen LogP contribution is -2.18. The number of aromatic nitrogens is 1. The molecule has 0 aliphatic carbocycles. The van der Waals surface area contributed by atoms with Gasteiger partial charge in [0.1, 0.15) is 0 Å². The summed E-state index contributed by atoms with van der Waals surface area (Å²) in [5.74, 6) is -1.07. The van der Waals surface area contributed by atoms with Crippen molar-refractivity contribution in [1.82, 2.24) is 4.57 Å². The summed E-state index contributed by atoms with van der Waals surface area (Å²) in [6, 6.07) is 7.65. The van der Waals surface area contributed by atoms with Crippen molar-refractivity contribution in [3.63, 3.8) is 0 Å². The van der Waals surface area contributed by atoms with Crippen molar-refractivity contribution in [2.75, 3.05) is 26.1 Å². The molecule has 0 atom stereocenters. The Hall–Kier alpha value is -4.01. The van der Waals surface area contributed by atoms with Crippen molar-refractivity contribution >= 4 is 23.3 Å². The Balaban J connectivity index is 1.84. The second kappa shape index (κ2) is 10.1. The van der Waals surface area contributed by atoms with Crippen molar-refractivity contribution in [1.29, 1.82) is 0 Å². The Kier molecular flexibility index (Phi) is 7.22. The molecule has 0 saturated heterocycles. The van der Waals surface area contributed by atoms with E-state index in [0.717, 1.165) is 17.9 Å². The van der Waals surface area contributed by atoms with Crippen LogP contribution in [-0.4, -0.2) is 43.1 Å². The third-order valence-corrected chi connectivity index (χ3v) is 5.26. The molecule has 0 aliphatic heterocycles. The number of rotatable bonds is 9. The molecular formula is C24H26N2O7. The molecule has 2 heterocycles. The van der Waals surface area contributed by atoms with Crippen LogP contribution < -0.4 is 14.8 Å². The molecule has 0 unspecified atom stereocenters. The van der Waals surface area contributed by atoms with Crippen LogP contribution in [0.25, 0.3) is 0 Å². The molecule has 174 valence electrons. The second-order valence-corrected chi connectivity index (χ2v) is 7.21. The van der Waals surface area contributed by atoms with Gasteiger partial charge in [0.05, 0.1) is 31.7 Å². The van der Waals surface area contributed by atoms with Crippen molar-refractivity contribution in [3.05, 3.63) is 64.9 Å². The lowest BCUT2D eigenvalue weighted by atomic mass is 10.1. The predicted molar refractivity (Wildman–Crippen MR) is 120 cm³/mol. The van der Waals surface area contributed by atoms with Crippen molar-refractivity contribution in [3.8, 4) is 11.5 Å². The highest BCUT2D eigenvalue weighted by Crippen LogP contribution is 2.34. The van der Waals surface area contributed by atoms with Gasteiger partial charge >= 0.3 is 5.97 Å². The monoisotopic (exact) mass is 454 g/mol. The number of carbonyl (C=O) groups excluding carboxylic acids is 3. The molecule has 1 N–H and O–H groups in total. The number of ether oxygens (including phenoxy) is 3. The van der Waals surface area contributed by atoms with Crippen LogP contribution in [0.15, 0.2) is 41.0 Å². The number of methoxy groups -OCH3 is 2. The van der Waals surface area contributed by atoms with E-state index in [4.69, 9.17) is 18.6 Å². The van der Waals surface area contributed by atoms with Crippen LogP contribution in [0.4, 0.5) is 5.69 Å². The zero-order valence-corrected chi connectivity index (χ0v) is 19.2. The van der Waals surface area contributed by atoms with Crippen LogP contribution in [0, 0.1) is 13.8 Å². The minimum Gasteiger partial charge on any atom is -0.493 e. The molecule has 9 nitrogen and oxygen atoms in total. The normalized spacial score (nSPS) is 10.6. The molecule has 3 aromatic rings. The molecular weight excluding hydrogens is 428 g/mol. The largest absolute Gasteiger partial charge is 0.493 e. The van der Waals surface area contributed by atoms with Gasteiger partial charge in [-0.2, -0.15) is 0 Å². The number of nitrogens with zero attached hydrogens (tertiary/aromatic N) is 1. The van der Waals surface area contributed by atoms with Crippen molar-refractivity contribution in [2.45, 2.75) is 27.3 Å². The van der Waals surface area contributed by atoms with Gasteiger partial charge < -0.3 is 28.5 Å². The lowest BCUT2D eigenvalue weighted by Gasteiger charge is -2.15. The molecule has 0 radical (unpaired) electrons. The smallest absolute Gasteiger partial charge is 0.340 e. The first kappa shape index (κ1) is 23.6. The van der Waals surface area contributed by atoms with E-state index in [1.54, 1.807) is 12.1 Å². The fourth-order valence-corrected chi connectivity index (χ4v) is 3.60. The first-order valence-corrected chi connectivity index (χ1v) is 10.3. The summed E-state index contributed by atoms with van der Waals surface area (Å²) in [6.07, 6.45) is 1.36. The van der Waals surface area contributed by atoms with Crippen LogP contribution in [0.5, 0.6) is 11.5 Å². The molecule has 9 heteroatoms. The topological polar surface area (TPSA) is 109 Å². The zero-order valence-electron chi connectivity index (χ0n) is 19.2. The van der Waals surface area contributed by atoms with E-state index in [9.17, 15) is 14.4 Å². The highest BCUT2D eigenvalue weighted by atomic mass is 16.5. The summed E-state index contributed by atoms with van der Waals surface area (Å²) in [7, 11) is 2.85. The maximum atomic E-state index is 12.9. The van der Waals surface area contributed by atoms with Gasteiger partial charge in [0.15, 0.2) is 23.9 Å². The standard InChI is InChI=1S/C24H26N2O7/c1-6-26-14(2)10-16(15(26)3)19(27)13-33-24(29)17-11-21(30-4)22(31-5)12-18(17)25-23(28)20-8-7-9-32-20/h7-12H,6,13H2,1-5H3,(H,25,28). The molecule has 0 aliphatic rings. The van der Waals surface area contributed by atoms with Crippen molar-refractivity contribution < 1.29 is 33.0 Å². The molecule has 0 saturated carbocycles. The summed E-state index contributed by atoms with van der Waals surface area (Å²) in [5, 5.41) is 2.61. The predicted octanol–water partition coefficient (Wildman–Crippen LogP) is 4.03. The number of Topliss-reactive ketones (excluding diaryl/α,β-unsaturated/α-hetero) is 1. The highest BCUT2D eigenvalue weighted by molar-refractivity contribution is 6.08. The van der Waals surface area contributed by atoms with Gasteiger partial charge in [0, 0.05) is 35.6 Å². The number of carbonyl (C=O) groups is 3. The number of anilines is 1. The molecule has 2 aromatic heterocycles. The molecule has 1 amide bonds. The van der Waals surface area contributed by atoms with E-state index < -0.39 is 18.5 Å². The second-order valence-electron chi connectivity index (χ2n) is 7.21. The average Bonchev–Trinajstić information content (AvgIpc) is 3.45. The molecule has 33 heavy (non-hydrogen) atoms. The maximum absolute atomic E-state index is 12.9. The van der Waals surface area contributed by atoms with Gasteiger partial charge in [-0.3, -0.25) is 9.59 Å². The summed E-state index contributed by atoms with van der Waals surface area (Å²) in [5.41, 5.74) is 2.39. The van der Waals surface area contributed by atoms with Crippen LogP contribution in [0.3, 0.4) is 0 Å². The summed E-state index contributed by atoms with van der Waals surface area (Å²) in [6.45, 7) is 6.03. The molecule has 0 fully saturated rings. The van der Waals surface area contributed by atoms with Gasteiger partial charge in [-0.1, -0.05) is 0 Å². The van der Waals surface area contributed by atoms with E-state index in [1.807, 2.05) is 25.3 Å². The van der Waals surface area contributed by atoms with Gasteiger partial charge in [-0.15, -0.1) is 0 Å². The number of furan rings is 1. The SMILES string of the molecule is CCn1c(C)cc(C(=O)COC(=O)c2cc(OC)c(OC)cc2NC(=O)c2ccco2)c1C. The number of hydrogen-bond acceptors (Lipinski definition) is 7. The Labute approximate surface area is 191 Å². The van der Waals surface area contributed by atoms with Crippen LogP contribution >= 0.6 is 0 Å². The van der Waals surface area contributed by atoms with Gasteiger partial charge in [-0.05, 0) is 39.0 Å². The van der Waals surface area contributed by atoms with Gasteiger partial charge in [0.2, 0.25) is 5.78 Å². The van der Waals surface area contributed by atoms with E-state index in [-0.39, 0.29) is 28.5 Å². The van der Waals surface area contributed by atoms with E-state index >= 15 is 0 Å². The first-order valence-electron chi connectivity index (χ1n) is 10.3. The Bertz CT molecular complexity index is 1180. The molecule has 0 spiro atoms. The highest BCUT2D eigenvalue weighted by Gasteiger charge is 2.23. The van der Waals surface area contributed by atoms with Crippen LogP contribution in [0.1, 0.15) is 49.6 Å². The average molecular weight is 454 g/mol. The molecule has 3 rings (SSSR count). The number of ketones is 1.